The van der Waals surface area contributed by atoms with Gasteiger partial charge in [0.2, 0.25) is 0 Å². The van der Waals surface area contributed by atoms with Gasteiger partial charge in [-0.05, 0) is 18.1 Å². The number of fused-ring (bicyclic) bond motifs is 1. The number of halogens is 1. The van der Waals surface area contributed by atoms with Gasteiger partial charge >= 0.3 is 0 Å². The van der Waals surface area contributed by atoms with Crippen LogP contribution in [0.25, 0.3) is 10.9 Å². The Labute approximate surface area is 82.6 Å². The number of benzene rings is 1. The van der Waals surface area contributed by atoms with Gasteiger partial charge in [0.1, 0.15) is 6.20 Å². The zero-order chi connectivity index (χ0) is 9.97. The Morgan fingerprint density at radius 1 is 1.36 bits per heavy atom. The van der Waals surface area contributed by atoms with Crippen molar-refractivity contribution in [3.63, 3.8) is 0 Å². The lowest BCUT2D eigenvalue weighted by molar-refractivity contribution is 0.602. The molecule has 1 heterocycles. The summed E-state index contributed by atoms with van der Waals surface area (Å²) in [5, 5.41) is 0.908. The van der Waals surface area contributed by atoms with Crippen LogP contribution in [0.1, 0.15) is 18.9 Å². The average molecular weight is 188 g/mol. The summed E-state index contributed by atoms with van der Waals surface area (Å²) in [6.45, 7) is 2.04. The number of hydrogen-bond donors (Lipinski definition) is 0. The first kappa shape index (κ1) is 9.13. The normalized spacial score (nSPS) is 10.7. The topological polar surface area (TPSA) is 12.9 Å². The largest absolute Gasteiger partial charge is 0.243 e. The second-order valence-electron chi connectivity index (χ2n) is 3.28. The van der Waals surface area contributed by atoms with Crippen LogP contribution in [0.5, 0.6) is 0 Å². The monoisotopic (exact) mass is 188 g/mol. The fourth-order valence-electron chi connectivity index (χ4n) is 1.62. The van der Waals surface area contributed by atoms with Gasteiger partial charge in [-0.25, -0.2) is 9.37 Å². The van der Waals surface area contributed by atoms with Gasteiger partial charge in [0.25, 0.3) is 0 Å². The standard InChI is InChI=1S/C12H11FN/c1-2-5-9-10-6-3-4-7-12(10)14-8-11(9)13/h3-4,6-7H,2,5H2,1H3. The molecule has 0 N–H and O–H groups in total. The van der Waals surface area contributed by atoms with Gasteiger partial charge in [-0.1, -0.05) is 31.5 Å². The zero-order valence-electron chi connectivity index (χ0n) is 8.05. The molecule has 71 valence electrons. The first-order chi connectivity index (χ1) is 6.83. The fourth-order valence-corrected chi connectivity index (χ4v) is 1.62. The highest BCUT2D eigenvalue weighted by atomic mass is 19.1. The van der Waals surface area contributed by atoms with E-state index < -0.39 is 0 Å². The van der Waals surface area contributed by atoms with Crippen LogP contribution in [0.2, 0.25) is 0 Å². The summed E-state index contributed by atoms with van der Waals surface area (Å²) in [6.07, 6.45) is 4.08. The zero-order valence-corrected chi connectivity index (χ0v) is 8.05. The smallest absolute Gasteiger partial charge is 0.155 e. The summed E-state index contributed by atoms with van der Waals surface area (Å²) in [6, 6.07) is 7.59. The van der Waals surface area contributed by atoms with Crippen LogP contribution in [0.3, 0.4) is 0 Å². The summed E-state index contributed by atoms with van der Waals surface area (Å²) in [7, 11) is 0. The Bertz CT molecular complexity index is 451. The van der Waals surface area contributed by atoms with E-state index >= 15 is 0 Å². The predicted molar refractivity (Wildman–Crippen MR) is 54.5 cm³/mol. The summed E-state index contributed by atoms with van der Waals surface area (Å²) < 4.78 is 13.4. The minimum absolute atomic E-state index is 0.314. The summed E-state index contributed by atoms with van der Waals surface area (Å²) in [4.78, 5) is 3.92. The maximum atomic E-state index is 13.4. The Balaban J connectivity index is 2.69. The highest BCUT2D eigenvalue weighted by Crippen LogP contribution is 2.20. The van der Waals surface area contributed by atoms with E-state index in [1.165, 1.54) is 0 Å². The minimum Gasteiger partial charge on any atom is -0.243 e. The van der Waals surface area contributed by atoms with Crippen LogP contribution < -0.4 is 0 Å². The number of hydrogen-bond acceptors (Lipinski definition) is 1. The van der Waals surface area contributed by atoms with Crippen molar-refractivity contribution in [2.24, 2.45) is 0 Å². The van der Waals surface area contributed by atoms with Crippen LogP contribution in [0, 0.1) is 12.0 Å². The van der Waals surface area contributed by atoms with Gasteiger partial charge < -0.3 is 0 Å². The van der Waals surface area contributed by atoms with Crippen molar-refractivity contribution in [2.45, 2.75) is 19.8 Å². The van der Waals surface area contributed by atoms with Gasteiger partial charge in [-0.15, -0.1) is 0 Å². The summed E-state index contributed by atoms with van der Waals surface area (Å²) in [5.74, 6) is -0.314. The molecule has 0 saturated carbocycles. The first-order valence-corrected chi connectivity index (χ1v) is 4.77. The molecule has 2 aromatic rings. The Morgan fingerprint density at radius 2 is 2.14 bits per heavy atom. The fraction of sp³-hybridized carbons (Fsp3) is 0.250. The van der Waals surface area contributed by atoms with E-state index in [2.05, 4.69) is 11.2 Å². The number of aryl methyl sites for hydroxylation is 1. The van der Waals surface area contributed by atoms with Gasteiger partial charge in [0.05, 0.1) is 5.52 Å². The third kappa shape index (κ3) is 1.48. The number of nitrogens with zero attached hydrogens (tertiary/aromatic N) is 1. The van der Waals surface area contributed by atoms with E-state index in [4.69, 9.17) is 0 Å². The molecule has 0 aliphatic rings. The molecule has 0 saturated heterocycles. The molecule has 2 rings (SSSR count). The van der Waals surface area contributed by atoms with Crippen LogP contribution in [0.4, 0.5) is 4.39 Å². The summed E-state index contributed by atoms with van der Waals surface area (Å²) >= 11 is 0. The molecule has 1 radical (unpaired) electrons. The molecule has 1 aromatic carbocycles. The van der Waals surface area contributed by atoms with Crippen molar-refractivity contribution in [1.82, 2.24) is 4.98 Å². The van der Waals surface area contributed by atoms with Crippen LogP contribution >= 0.6 is 0 Å². The van der Waals surface area contributed by atoms with Crippen molar-refractivity contribution >= 4 is 10.9 Å². The van der Waals surface area contributed by atoms with Crippen LogP contribution in [-0.4, -0.2) is 4.98 Å². The van der Waals surface area contributed by atoms with E-state index in [0.717, 1.165) is 29.3 Å². The third-order valence-corrected chi connectivity index (χ3v) is 2.27. The molecule has 0 fully saturated rings. The van der Waals surface area contributed by atoms with E-state index in [-0.39, 0.29) is 5.82 Å². The molecule has 2 heteroatoms. The van der Waals surface area contributed by atoms with Crippen molar-refractivity contribution in [3.8, 4) is 0 Å². The maximum absolute atomic E-state index is 13.4. The Morgan fingerprint density at radius 3 is 2.93 bits per heavy atom. The van der Waals surface area contributed by atoms with Crippen molar-refractivity contribution in [3.05, 3.63) is 41.8 Å². The number of rotatable bonds is 2. The van der Waals surface area contributed by atoms with Gasteiger partial charge in [-0.2, -0.15) is 0 Å². The van der Waals surface area contributed by atoms with Crippen molar-refractivity contribution < 1.29 is 4.39 Å². The molecule has 0 bridgehead atoms. The quantitative estimate of drug-likeness (QED) is 0.705. The number of aromatic nitrogens is 1. The SMILES string of the molecule is CCCc1c(F)[c]nc2ccccc12. The summed E-state index contributed by atoms with van der Waals surface area (Å²) in [5.41, 5.74) is 1.55. The average Bonchev–Trinajstić information content (AvgIpc) is 2.23. The lowest BCUT2D eigenvalue weighted by Gasteiger charge is -2.04. The molecule has 1 aromatic heterocycles. The second kappa shape index (κ2) is 3.74. The number of para-hydroxylation sites is 1. The first-order valence-electron chi connectivity index (χ1n) is 4.77. The molecule has 14 heavy (non-hydrogen) atoms. The van der Waals surface area contributed by atoms with E-state index in [1.807, 2.05) is 31.2 Å². The van der Waals surface area contributed by atoms with Gasteiger partial charge in [0.15, 0.2) is 5.82 Å². The third-order valence-electron chi connectivity index (χ3n) is 2.27. The molecule has 0 atom stereocenters. The maximum Gasteiger partial charge on any atom is 0.155 e. The molecular weight excluding hydrogens is 177 g/mol. The minimum atomic E-state index is -0.314. The molecule has 0 aliphatic heterocycles. The highest BCUT2D eigenvalue weighted by molar-refractivity contribution is 5.81. The lowest BCUT2D eigenvalue weighted by Crippen LogP contribution is -1.94. The molecular formula is C12H11FN. The molecule has 0 amide bonds. The Hall–Kier alpha value is -1.44. The van der Waals surface area contributed by atoms with Gasteiger partial charge in [0, 0.05) is 5.39 Å². The Kier molecular flexibility index (Phi) is 2.44. The molecule has 0 spiro atoms. The molecule has 0 unspecified atom stereocenters. The van der Waals surface area contributed by atoms with Gasteiger partial charge in [-0.3, -0.25) is 0 Å². The van der Waals surface area contributed by atoms with E-state index in [0.29, 0.717) is 0 Å². The number of pyridine rings is 1. The lowest BCUT2D eigenvalue weighted by atomic mass is 10.0. The van der Waals surface area contributed by atoms with Crippen LogP contribution in [0.15, 0.2) is 24.3 Å². The van der Waals surface area contributed by atoms with Crippen molar-refractivity contribution in [2.75, 3.05) is 0 Å². The van der Waals surface area contributed by atoms with E-state index in [9.17, 15) is 4.39 Å². The predicted octanol–water partition coefficient (Wildman–Crippen LogP) is 3.13. The highest BCUT2D eigenvalue weighted by Gasteiger charge is 2.07. The molecule has 1 nitrogen and oxygen atoms in total. The van der Waals surface area contributed by atoms with Crippen molar-refractivity contribution in [1.29, 1.82) is 0 Å². The molecule has 0 aliphatic carbocycles. The van der Waals surface area contributed by atoms with E-state index in [1.54, 1.807) is 0 Å². The second-order valence-corrected chi connectivity index (χ2v) is 3.28. The van der Waals surface area contributed by atoms with Crippen LogP contribution in [-0.2, 0) is 6.42 Å².